The molecule has 0 saturated heterocycles. The molecule has 0 amide bonds. The Balaban J connectivity index is 1.93. The van der Waals surface area contributed by atoms with Gasteiger partial charge >= 0.3 is 0 Å². The van der Waals surface area contributed by atoms with Crippen LogP contribution in [0.4, 0.5) is 0 Å². The Morgan fingerprint density at radius 1 is 1.24 bits per heavy atom. The second kappa shape index (κ2) is 5.88. The molecule has 0 atom stereocenters. The van der Waals surface area contributed by atoms with Gasteiger partial charge in [-0.1, -0.05) is 12.1 Å². The van der Waals surface area contributed by atoms with Crippen molar-refractivity contribution in [3.63, 3.8) is 0 Å². The van der Waals surface area contributed by atoms with E-state index in [2.05, 4.69) is 0 Å². The van der Waals surface area contributed by atoms with E-state index >= 15 is 0 Å². The largest absolute Gasteiger partial charge is 0.392 e. The van der Waals surface area contributed by atoms with Crippen molar-refractivity contribution in [3.05, 3.63) is 52.2 Å². The molecule has 0 bridgehead atoms. The van der Waals surface area contributed by atoms with Crippen LogP contribution in [0.15, 0.2) is 46.0 Å². The van der Waals surface area contributed by atoms with E-state index in [-0.39, 0.29) is 17.5 Å². The number of hydrogen-bond donors (Lipinski definition) is 1. The summed E-state index contributed by atoms with van der Waals surface area (Å²) in [6, 6.07) is 8.61. The number of sulfonamides is 1. The van der Waals surface area contributed by atoms with E-state index < -0.39 is 10.0 Å². The van der Waals surface area contributed by atoms with Gasteiger partial charge in [0.15, 0.2) is 0 Å². The first kappa shape index (κ1) is 14.7. The van der Waals surface area contributed by atoms with E-state index in [1.165, 1.54) is 0 Å². The summed E-state index contributed by atoms with van der Waals surface area (Å²) < 4.78 is 27.3. The zero-order chi connectivity index (χ0) is 14.9. The number of benzene rings is 1. The van der Waals surface area contributed by atoms with Crippen LogP contribution in [0.5, 0.6) is 0 Å². The first-order valence-electron chi connectivity index (χ1n) is 6.84. The lowest BCUT2D eigenvalue weighted by Gasteiger charge is -2.21. The Morgan fingerprint density at radius 3 is 2.67 bits per heavy atom. The van der Waals surface area contributed by atoms with Crippen molar-refractivity contribution in [2.45, 2.75) is 36.9 Å². The maximum atomic E-state index is 12.9. The molecule has 2 aromatic rings. The molecule has 21 heavy (non-hydrogen) atoms. The molecule has 1 heterocycles. The second-order valence-corrected chi connectivity index (χ2v) is 7.89. The molecule has 0 radical (unpaired) electrons. The van der Waals surface area contributed by atoms with Gasteiger partial charge in [0.2, 0.25) is 10.0 Å². The number of aliphatic hydroxyl groups is 1. The van der Waals surface area contributed by atoms with Gasteiger partial charge in [0.25, 0.3) is 0 Å². The molecule has 0 unspecified atom stereocenters. The number of hydrogen-bond acceptors (Lipinski definition) is 4. The Bertz CT molecular complexity index is 706. The fraction of sp³-hybridized carbons (Fsp3) is 0.333. The molecular formula is C15H17NO3S2. The Morgan fingerprint density at radius 2 is 2.05 bits per heavy atom. The lowest BCUT2D eigenvalue weighted by atomic mass is 10.2. The molecule has 6 heteroatoms. The van der Waals surface area contributed by atoms with Crippen LogP contribution in [-0.4, -0.2) is 23.9 Å². The zero-order valence-electron chi connectivity index (χ0n) is 11.5. The molecule has 1 saturated carbocycles. The highest BCUT2D eigenvalue weighted by Gasteiger charge is 2.38. The monoisotopic (exact) mass is 323 g/mol. The topological polar surface area (TPSA) is 57.6 Å². The van der Waals surface area contributed by atoms with Crippen LogP contribution in [0.25, 0.3) is 0 Å². The summed E-state index contributed by atoms with van der Waals surface area (Å²) >= 11 is 1.57. The fourth-order valence-corrected chi connectivity index (χ4v) is 4.68. The van der Waals surface area contributed by atoms with Crippen LogP contribution in [-0.2, 0) is 23.2 Å². The summed E-state index contributed by atoms with van der Waals surface area (Å²) in [4.78, 5) is 0.260. The van der Waals surface area contributed by atoms with E-state index in [0.29, 0.717) is 12.1 Å². The van der Waals surface area contributed by atoms with Gasteiger partial charge < -0.3 is 5.11 Å². The van der Waals surface area contributed by atoms with E-state index in [9.17, 15) is 13.5 Å². The maximum absolute atomic E-state index is 12.9. The van der Waals surface area contributed by atoms with Gasteiger partial charge in [-0.3, -0.25) is 0 Å². The summed E-state index contributed by atoms with van der Waals surface area (Å²) in [5.41, 5.74) is 1.64. The molecule has 1 N–H and O–H groups in total. The van der Waals surface area contributed by atoms with Gasteiger partial charge in [0.1, 0.15) is 0 Å². The van der Waals surface area contributed by atoms with Crippen molar-refractivity contribution in [3.8, 4) is 0 Å². The Kier molecular flexibility index (Phi) is 4.12. The number of nitrogens with zero attached hydrogens (tertiary/aromatic N) is 1. The average Bonchev–Trinajstić information content (AvgIpc) is 3.20. The molecule has 0 spiro atoms. The molecule has 1 aromatic heterocycles. The van der Waals surface area contributed by atoms with Gasteiger partial charge in [-0.15, -0.1) is 0 Å². The molecule has 1 aliphatic carbocycles. The molecule has 1 aliphatic rings. The minimum Gasteiger partial charge on any atom is -0.392 e. The molecule has 1 aromatic carbocycles. The zero-order valence-corrected chi connectivity index (χ0v) is 13.1. The van der Waals surface area contributed by atoms with Crippen molar-refractivity contribution in [1.29, 1.82) is 0 Å². The first-order chi connectivity index (χ1) is 10.1. The smallest absolute Gasteiger partial charge is 0.243 e. The van der Waals surface area contributed by atoms with Crippen molar-refractivity contribution in [2.24, 2.45) is 0 Å². The summed E-state index contributed by atoms with van der Waals surface area (Å²) in [5.74, 6) is 0. The normalized spacial score (nSPS) is 15.5. The Labute approximate surface area is 128 Å². The third-order valence-electron chi connectivity index (χ3n) is 3.56. The molecule has 4 nitrogen and oxygen atoms in total. The SMILES string of the molecule is O=S(=O)(c1cccc(CO)c1)N(Cc1ccsc1)C1CC1. The summed E-state index contributed by atoms with van der Waals surface area (Å²) in [5, 5.41) is 13.1. The van der Waals surface area contributed by atoms with Crippen molar-refractivity contribution < 1.29 is 13.5 Å². The molecule has 3 rings (SSSR count). The third-order valence-corrected chi connectivity index (χ3v) is 6.19. The lowest BCUT2D eigenvalue weighted by molar-refractivity contribution is 0.281. The number of aliphatic hydroxyl groups excluding tert-OH is 1. The average molecular weight is 323 g/mol. The highest BCUT2D eigenvalue weighted by molar-refractivity contribution is 7.89. The quantitative estimate of drug-likeness (QED) is 0.889. The van der Waals surface area contributed by atoms with Crippen LogP contribution in [0.1, 0.15) is 24.0 Å². The summed E-state index contributed by atoms with van der Waals surface area (Å²) in [7, 11) is -3.52. The van der Waals surface area contributed by atoms with Crippen LogP contribution in [0.2, 0.25) is 0 Å². The van der Waals surface area contributed by atoms with Gasteiger partial charge in [0, 0.05) is 12.6 Å². The molecular weight excluding hydrogens is 306 g/mol. The van der Waals surface area contributed by atoms with Gasteiger partial charge in [-0.25, -0.2) is 8.42 Å². The minimum atomic E-state index is -3.52. The van der Waals surface area contributed by atoms with Crippen LogP contribution in [0.3, 0.4) is 0 Å². The van der Waals surface area contributed by atoms with E-state index in [1.807, 2.05) is 16.8 Å². The van der Waals surface area contributed by atoms with Crippen LogP contribution < -0.4 is 0 Å². The summed E-state index contributed by atoms with van der Waals surface area (Å²) in [6.45, 7) is 0.261. The molecule has 112 valence electrons. The van der Waals surface area contributed by atoms with Gasteiger partial charge in [-0.05, 0) is 52.9 Å². The van der Waals surface area contributed by atoms with E-state index in [4.69, 9.17) is 0 Å². The third kappa shape index (κ3) is 3.18. The predicted molar refractivity (Wildman–Crippen MR) is 82.4 cm³/mol. The summed E-state index contributed by atoms with van der Waals surface area (Å²) in [6.07, 6.45) is 1.84. The van der Waals surface area contributed by atoms with Crippen LogP contribution >= 0.6 is 11.3 Å². The first-order valence-corrected chi connectivity index (χ1v) is 9.22. The highest BCUT2D eigenvalue weighted by atomic mass is 32.2. The standard InChI is InChI=1S/C15H17NO3S2/c17-10-12-2-1-3-15(8-12)21(18,19)16(14-4-5-14)9-13-6-7-20-11-13/h1-3,6-8,11,14,17H,4-5,9-10H2. The van der Waals surface area contributed by atoms with Crippen molar-refractivity contribution in [1.82, 2.24) is 4.31 Å². The van der Waals surface area contributed by atoms with Gasteiger partial charge in [-0.2, -0.15) is 15.6 Å². The fourth-order valence-electron chi connectivity index (χ4n) is 2.28. The lowest BCUT2D eigenvalue weighted by Crippen LogP contribution is -2.32. The number of rotatable bonds is 6. The predicted octanol–water partition coefficient (Wildman–Crippen LogP) is 2.59. The van der Waals surface area contributed by atoms with E-state index in [1.54, 1.807) is 39.9 Å². The minimum absolute atomic E-state index is 0.104. The van der Waals surface area contributed by atoms with Gasteiger partial charge in [0.05, 0.1) is 11.5 Å². The van der Waals surface area contributed by atoms with Crippen molar-refractivity contribution >= 4 is 21.4 Å². The highest BCUT2D eigenvalue weighted by Crippen LogP contribution is 2.34. The second-order valence-electron chi connectivity index (χ2n) is 5.22. The maximum Gasteiger partial charge on any atom is 0.243 e. The molecule has 0 aliphatic heterocycles. The van der Waals surface area contributed by atoms with E-state index in [0.717, 1.165) is 18.4 Å². The number of thiophene rings is 1. The molecule has 1 fully saturated rings. The van der Waals surface area contributed by atoms with Crippen molar-refractivity contribution in [2.75, 3.05) is 0 Å². The Hall–Kier alpha value is -1.21. The van der Waals surface area contributed by atoms with Crippen LogP contribution in [0, 0.1) is 0 Å².